The minimum Gasteiger partial charge on any atom is -0.481 e. The maximum absolute atomic E-state index is 12.1. The van der Waals surface area contributed by atoms with Gasteiger partial charge in [0.2, 0.25) is 11.0 Å². The molecule has 0 atom stereocenters. The molecular weight excluding hydrogens is 458 g/mol. The molecule has 8 nitrogen and oxygen atoms in total. The topological polar surface area (TPSA) is 118 Å². The highest BCUT2D eigenvalue weighted by Gasteiger charge is 2.10. The largest absolute Gasteiger partial charge is 0.481 e. The van der Waals surface area contributed by atoms with Gasteiger partial charge in [-0.25, -0.2) is 0 Å². The first-order valence-corrected chi connectivity index (χ1v) is 12.9. The van der Waals surface area contributed by atoms with E-state index in [0.717, 1.165) is 78.4 Å². The van der Waals surface area contributed by atoms with Gasteiger partial charge in [-0.1, -0.05) is 54.5 Å². The van der Waals surface area contributed by atoms with Crippen molar-refractivity contribution in [3.63, 3.8) is 0 Å². The maximum atomic E-state index is 12.1. The number of carboxylic acid groups (broad SMARTS) is 1. The zero-order chi connectivity index (χ0) is 23.3. The van der Waals surface area contributed by atoms with E-state index in [4.69, 9.17) is 5.11 Å². The molecule has 0 unspecified atom stereocenters. The molecule has 0 saturated heterocycles. The molecule has 10 heteroatoms. The van der Waals surface area contributed by atoms with Crippen LogP contribution in [0.25, 0.3) is 0 Å². The summed E-state index contributed by atoms with van der Waals surface area (Å²) >= 11 is 3.10. The van der Waals surface area contributed by atoms with Gasteiger partial charge in [-0.05, 0) is 31.2 Å². The van der Waals surface area contributed by atoms with Gasteiger partial charge in [-0.15, -0.1) is 31.7 Å². The number of unbranched alkanes of at least 4 members (excludes halogenated alkanes) is 4. The van der Waals surface area contributed by atoms with Gasteiger partial charge in [0, 0.05) is 25.7 Å². The summed E-state index contributed by atoms with van der Waals surface area (Å²) in [5.41, 5.74) is 0.968. The summed E-state index contributed by atoms with van der Waals surface area (Å²) in [5.74, 6) is -0.808. The minimum absolute atomic E-state index is 0.0868. The van der Waals surface area contributed by atoms with Gasteiger partial charge >= 0.3 is 5.97 Å². The van der Waals surface area contributed by atoms with Crippen molar-refractivity contribution in [1.82, 2.24) is 20.4 Å². The fourth-order valence-electron chi connectivity index (χ4n) is 3.30. The van der Waals surface area contributed by atoms with E-state index in [2.05, 4.69) is 25.7 Å². The normalized spacial score (nSPS) is 10.9. The summed E-state index contributed by atoms with van der Waals surface area (Å²) in [6.45, 7) is 0. The van der Waals surface area contributed by atoms with Crippen LogP contribution in [0.2, 0.25) is 0 Å². The van der Waals surface area contributed by atoms with Crippen LogP contribution in [-0.4, -0.2) is 37.4 Å². The molecule has 2 heterocycles. The number of amides is 1. The van der Waals surface area contributed by atoms with Crippen molar-refractivity contribution in [3.05, 3.63) is 50.9 Å². The van der Waals surface area contributed by atoms with Crippen LogP contribution in [0.15, 0.2) is 30.3 Å². The summed E-state index contributed by atoms with van der Waals surface area (Å²) in [6, 6.07) is 9.62. The number of nitrogens with zero attached hydrogens (tertiary/aromatic N) is 4. The molecule has 2 N–H and O–H groups in total. The molecule has 33 heavy (non-hydrogen) atoms. The van der Waals surface area contributed by atoms with Gasteiger partial charge in [0.25, 0.3) is 0 Å². The Labute approximate surface area is 201 Å². The van der Waals surface area contributed by atoms with Crippen LogP contribution in [-0.2, 0) is 35.3 Å². The third-order valence-corrected chi connectivity index (χ3v) is 6.93. The number of carbonyl (C=O) groups is 2. The number of anilines is 1. The van der Waals surface area contributed by atoms with E-state index in [0.29, 0.717) is 11.6 Å². The van der Waals surface area contributed by atoms with Gasteiger partial charge in [-0.3, -0.25) is 9.59 Å². The van der Waals surface area contributed by atoms with E-state index in [1.807, 2.05) is 30.3 Å². The summed E-state index contributed by atoms with van der Waals surface area (Å²) in [5, 5.41) is 31.9. The van der Waals surface area contributed by atoms with E-state index >= 15 is 0 Å². The molecule has 0 fully saturated rings. The SMILES string of the molecule is O=C(O)CCCCCCc1nnc(CCCCc2nnc(NC(=O)Cc3ccccc3)s2)s1. The Balaban J connectivity index is 1.28. The summed E-state index contributed by atoms with van der Waals surface area (Å²) < 4.78 is 0. The average molecular weight is 488 g/mol. The zero-order valence-corrected chi connectivity index (χ0v) is 20.2. The van der Waals surface area contributed by atoms with Gasteiger partial charge in [0.1, 0.15) is 15.0 Å². The Morgan fingerprint density at radius 2 is 1.33 bits per heavy atom. The number of nitrogens with one attached hydrogen (secondary N) is 1. The highest BCUT2D eigenvalue weighted by Crippen LogP contribution is 2.19. The second kappa shape index (κ2) is 13.7. The average Bonchev–Trinajstić information content (AvgIpc) is 3.43. The number of rotatable bonds is 15. The lowest BCUT2D eigenvalue weighted by molar-refractivity contribution is -0.137. The van der Waals surface area contributed by atoms with Crippen LogP contribution in [0, 0.1) is 0 Å². The van der Waals surface area contributed by atoms with Gasteiger partial charge in [-0.2, -0.15) is 0 Å². The van der Waals surface area contributed by atoms with Crippen molar-refractivity contribution < 1.29 is 14.7 Å². The van der Waals surface area contributed by atoms with Crippen molar-refractivity contribution >= 4 is 39.7 Å². The molecule has 1 amide bonds. The van der Waals surface area contributed by atoms with E-state index < -0.39 is 5.97 Å². The quantitative estimate of drug-likeness (QED) is 0.298. The van der Waals surface area contributed by atoms with Crippen molar-refractivity contribution in [2.75, 3.05) is 5.32 Å². The Kier molecular flexibility index (Phi) is 10.4. The van der Waals surface area contributed by atoms with Crippen LogP contribution in [0.3, 0.4) is 0 Å². The second-order valence-electron chi connectivity index (χ2n) is 7.82. The van der Waals surface area contributed by atoms with E-state index in [1.54, 1.807) is 11.3 Å². The Morgan fingerprint density at radius 1 is 0.758 bits per heavy atom. The standard InChI is InChI=1S/C23H29N5O3S2/c29-18(16-17-10-4-3-5-11-17)24-23-28-27-21(33-23)14-9-8-13-20-26-25-19(32-20)12-6-1-2-7-15-22(30)31/h3-5,10-11H,1-2,6-9,12-16H2,(H,30,31)(H,24,28,29). The predicted molar refractivity (Wildman–Crippen MR) is 130 cm³/mol. The summed E-state index contributed by atoms with van der Waals surface area (Å²) in [6.07, 6.45) is 8.93. The third kappa shape index (κ3) is 9.75. The number of carboxylic acids is 1. The zero-order valence-electron chi connectivity index (χ0n) is 18.5. The lowest BCUT2D eigenvalue weighted by Crippen LogP contribution is -2.14. The molecule has 0 bridgehead atoms. The lowest BCUT2D eigenvalue weighted by atomic mass is 10.1. The number of carbonyl (C=O) groups excluding carboxylic acids is 1. The third-order valence-electron chi connectivity index (χ3n) is 4.99. The highest BCUT2D eigenvalue weighted by atomic mass is 32.1. The fraction of sp³-hybridized carbons (Fsp3) is 0.478. The smallest absolute Gasteiger partial charge is 0.303 e. The van der Waals surface area contributed by atoms with E-state index in [1.165, 1.54) is 11.3 Å². The molecule has 1 aromatic carbocycles. The molecule has 176 valence electrons. The summed E-state index contributed by atoms with van der Waals surface area (Å²) in [4.78, 5) is 22.6. The molecule has 0 spiro atoms. The van der Waals surface area contributed by atoms with Crippen LogP contribution in [0.4, 0.5) is 5.13 Å². The Bertz CT molecular complexity index is 1010. The van der Waals surface area contributed by atoms with Crippen molar-refractivity contribution in [1.29, 1.82) is 0 Å². The van der Waals surface area contributed by atoms with Crippen LogP contribution < -0.4 is 5.32 Å². The molecule has 3 aromatic rings. The highest BCUT2D eigenvalue weighted by molar-refractivity contribution is 7.15. The van der Waals surface area contributed by atoms with Gasteiger partial charge < -0.3 is 10.4 Å². The number of aromatic nitrogens is 4. The maximum Gasteiger partial charge on any atom is 0.303 e. The number of hydrogen-bond donors (Lipinski definition) is 2. The number of aliphatic carboxylic acids is 1. The van der Waals surface area contributed by atoms with Crippen molar-refractivity contribution in [2.45, 2.75) is 70.6 Å². The molecule has 0 aliphatic rings. The van der Waals surface area contributed by atoms with Crippen molar-refractivity contribution in [2.24, 2.45) is 0 Å². The molecular formula is C23H29N5O3S2. The first-order valence-electron chi connectivity index (χ1n) is 11.3. The Morgan fingerprint density at radius 3 is 2.00 bits per heavy atom. The van der Waals surface area contributed by atoms with Crippen LogP contribution in [0.5, 0.6) is 0 Å². The van der Waals surface area contributed by atoms with Crippen LogP contribution >= 0.6 is 22.7 Å². The van der Waals surface area contributed by atoms with E-state index in [-0.39, 0.29) is 12.3 Å². The minimum atomic E-state index is -0.721. The molecule has 0 radical (unpaired) electrons. The molecule has 2 aromatic heterocycles. The second-order valence-corrected chi connectivity index (χ2v) is 10.0. The Hall–Kier alpha value is -2.72. The summed E-state index contributed by atoms with van der Waals surface area (Å²) in [7, 11) is 0. The first-order chi connectivity index (χ1) is 16.1. The molecule has 0 aliphatic heterocycles. The van der Waals surface area contributed by atoms with Gasteiger partial charge in [0.05, 0.1) is 6.42 Å². The number of benzene rings is 1. The number of hydrogen-bond acceptors (Lipinski definition) is 8. The molecule has 3 rings (SSSR count). The lowest BCUT2D eigenvalue weighted by Gasteiger charge is -2.00. The molecule has 0 aliphatic carbocycles. The predicted octanol–water partition coefficient (Wildman–Crippen LogP) is 4.71. The fourth-order valence-corrected chi connectivity index (χ4v) is 5.02. The first kappa shape index (κ1) is 24.9. The monoisotopic (exact) mass is 487 g/mol. The van der Waals surface area contributed by atoms with Crippen LogP contribution in [0.1, 0.15) is 65.5 Å². The number of aryl methyl sites for hydroxylation is 3. The van der Waals surface area contributed by atoms with Gasteiger partial charge in [0.15, 0.2) is 0 Å². The van der Waals surface area contributed by atoms with E-state index in [9.17, 15) is 9.59 Å². The molecule has 0 saturated carbocycles. The van der Waals surface area contributed by atoms with Crippen molar-refractivity contribution in [3.8, 4) is 0 Å².